The molecule has 0 aliphatic carbocycles. The van der Waals surface area contributed by atoms with Crippen LogP contribution in [0.25, 0.3) is 0 Å². The monoisotopic (exact) mass is 289 g/mol. The lowest BCUT2D eigenvalue weighted by Crippen LogP contribution is -2.29. The predicted octanol–water partition coefficient (Wildman–Crippen LogP) is 3.98. The molecule has 2 rings (SSSR count). The highest BCUT2D eigenvalue weighted by Crippen LogP contribution is 2.16. The molecular formula is C17H17F2NO. The molecule has 21 heavy (non-hydrogen) atoms. The zero-order valence-electron chi connectivity index (χ0n) is 12.1. The number of hydrogen-bond donors (Lipinski definition) is 0. The lowest BCUT2D eigenvalue weighted by Gasteiger charge is -2.22. The smallest absolute Gasteiger partial charge is 0.182 e. The van der Waals surface area contributed by atoms with Crippen LogP contribution in [0.1, 0.15) is 22.8 Å². The van der Waals surface area contributed by atoms with Crippen molar-refractivity contribution in [1.29, 1.82) is 0 Å². The van der Waals surface area contributed by atoms with Crippen molar-refractivity contribution in [2.45, 2.75) is 13.8 Å². The Balaban J connectivity index is 2.15. The first-order chi connectivity index (χ1) is 10.0. The summed E-state index contributed by atoms with van der Waals surface area (Å²) in [6.45, 7) is 4.72. The first-order valence-electron chi connectivity index (χ1n) is 6.81. The van der Waals surface area contributed by atoms with Crippen molar-refractivity contribution in [3.8, 4) is 0 Å². The van der Waals surface area contributed by atoms with Crippen molar-refractivity contribution in [2.24, 2.45) is 0 Å². The molecule has 0 aromatic heterocycles. The number of halogens is 2. The van der Waals surface area contributed by atoms with E-state index in [1.807, 2.05) is 43.0 Å². The van der Waals surface area contributed by atoms with Crippen LogP contribution in [0.15, 0.2) is 42.5 Å². The van der Waals surface area contributed by atoms with Crippen LogP contribution in [0.5, 0.6) is 0 Å². The minimum Gasteiger partial charge on any atom is -0.364 e. The van der Waals surface area contributed by atoms with Crippen molar-refractivity contribution in [3.63, 3.8) is 0 Å². The minimum absolute atomic E-state index is 0.130. The van der Waals surface area contributed by atoms with Crippen LogP contribution in [0.3, 0.4) is 0 Å². The highest BCUT2D eigenvalue weighted by molar-refractivity contribution is 5.99. The van der Waals surface area contributed by atoms with Gasteiger partial charge >= 0.3 is 0 Å². The quantitative estimate of drug-likeness (QED) is 0.776. The van der Waals surface area contributed by atoms with E-state index in [9.17, 15) is 13.6 Å². The van der Waals surface area contributed by atoms with Crippen LogP contribution < -0.4 is 4.90 Å². The van der Waals surface area contributed by atoms with Crippen molar-refractivity contribution in [3.05, 3.63) is 65.2 Å². The molecule has 0 amide bonds. The average Bonchev–Trinajstić information content (AvgIpc) is 2.48. The zero-order chi connectivity index (χ0) is 15.4. The fourth-order valence-electron chi connectivity index (χ4n) is 2.08. The number of rotatable bonds is 5. The van der Waals surface area contributed by atoms with Crippen molar-refractivity contribution in [2.75, 3.05) is 18.0 Å². The summed E-state index contributed by atoms with van der Waals surface area (Å²) in [4.78, 5) is 14.1. The van der Waals surface area contributed by atoms with E-state index in [1.54, 1.807) is 0 Å². The fraction of sp³-hybridized carbons (Fsp3) is 0.235. The maximum Gasteiger partial charge on any atom is 0.182 e. The summed E-state index contributed by atoms with van der Waals surface area (Å²) in [5, 5.41) is 0. The number of ketones is 1. The van der Waals surface area contributed by atoms with Gasteiger partial charge in [-0.3, -0.25) is 4.79 Å². The number of anilines is 1. The highest BCUT2D eigenvalue weighted by atomic mass is 19.2. The van der Waals surface area contributed by atoms with E-state index in [4.69, 9.17) is 0 Å². The molecule has 0 atom stereocenters. The summed E-state index contributed by atoms with van der Waals surface area (Å²) in [6.07, 6.45) is 0. The van der Waals surface area contributed by atoms with Crippen LogP contribution in [-0.4, -0.2) is 18.9 Å². The molecule has 0 fully saturated rings. The molecule has 0 saturated carbocycles. The Hall–Kier alpha value is -2.23. The minimum atomic E-state index is -1.00. The number of aryl methyl sites for hydroxylation is 1. The largest absolute Gasteiger partial charge is 0.364 e. The Bertz CT molecular complexity index is 638. The van der Waals surface area contributed by atoms with E-state index in [1.165, 1.54) is 6.07 Å². The molecule has 0 heterocycles. The average molecular weight is 289 g/mol. The molecule has 0 aliphatic heterocycles. The van der Waals surface area contributed by atoms with Crippen LogP contribution in [0.4, 0.5) is 14.5 Å². The van der Waals surface area contributed by atoms with Crippen LogP contribution in [0.2, 0.25) is 0 Å². The van der Waals surface area contributed by atoms with Crippen LogP contribution in [-0.2, 0) is 0 Å². The molecule has 2 nitrogen and oxygen atoms in total. The highest BCUT2D eigenvalue weighted by Gasteiger charge is 2.14. The van der Waals surface area contributed by atoms with E-state index in [0.717, 1.165) is 23.4 Å². The van der Waals surface area contributed by atoms with Crippen LogP contribution in [0, 0.1) is 18.6 Å². The number of carbonyl (C=O) groups excluding carboxylic acids is 1. The first kappa shape index (κ1) is 15.2. The van der Waals surface area contributed by atoms with Gasteiger partial charge in [0.2, 0.25) is 0 Å². The van der Waals surface area contributed by atoms with Crippen molar-refractivity contribution >= 4 is 11.5 Å². The van der Waals surface area contributed by atoms with Gasteiger partial charge in [0.15, 0.2) is 17.4 Å². The first-order valence-corrected chi connectivity index (χ1v) is 6.81. The third-order valence-corrected chi connectivity index (χ3v) is 3.36. The number of likely N-dealkylation sites (N-methyl/N-ethyl adjacent to an activating group) is 1. The number of carbonyl (C=O) groups is 1. The van der Waals surface area contributed by atoms with E-state index in [2.05, 4.69) is 0 Å². The fourth-order valence-corrected chi connectivity index (χ4v) is 2.08. The van der Waals surface area contributed by atoms with Gasteiger partial charge in [0.1, 0.15) is 0 Å². The van der Waals surface area contributed by atoms with E-state index >= 15 is 0 Å². The maximum absolute atomic E-state index is 13.2. The topological polar surface area (TPSA) is 20.3 Å². The Morgan fingerprint density at radius 2 is 1.71 bits per heavy atom. The molecular weight excluding hydrogens is 272 g/mol. The summed E-state index contributed by atoms with van der Waals surface area (Å²) >= 11 is 0. The number of benzene rings is 2. The summed E-state index contributed by atoms with van der Waals surface area (Å²) in [5.74, 6) is -2.19. The second-order valence-corrected chi connectivity index (χ2v) is 4.90. The summed E-state index contributed by atoms with van der Waals surface area (Å²) in [6, 6.07) is 11.1. The maximum atomic E-state index is 13.2. The third kappa shape index (κ3) is 3.66. The van der Waals surface area contributed by atoms with Crippen LogP contribution >= 0.6 is 0 Å². The van der Waals surface area contributed by atoms with Gasteiger partial charge in [0, 0.05) is 17.8 Å². The molecule has 0 unspecified atom stereocenters. The van der Waals surface area contributed by atoms with Gasteiger partial charge in [-0.25, -0.2) is 8.78 Å². The Labute approximate surface area is 123 Å². The molecule has 2 aromatic carbocycles. The van der Waals surface area contributed by atoms with E-state index in [-0.39, 0.29) is 17.9 Å². The Morgan fingerprint density at radius 1 is 1.05 bits per heavy atom. The van der Waals surface area contributed by atoms with Gasteiger partial charge in [-0.05, 0) is 44.2 Å². The molecule has 0 saturated heterocycles. The molecule has 0 bridgehead atoms. The standard InChI is InChI=1S/C17H17F2NO/c1-3-20(14-7-4-12(2)5-8-14)11-17(21)13-6-9-15(18)16(19)10-13/h4-10H,3,11H2,1-2H3. The molecule has 0 spiro atoms. The predicted molar refractivity (Wildman–Crippen MR) is 79.8 cm³/mol. The van der Waals surface area contributed by atoms with Gasteiger partial charge < -0.3 is 4.90 Å². The lowest BCUT2D eigenvalue weighted by atomic mass is 10.1. The van der Waals surface area contributed by atoms with Crippen molar-refractivity contribution in [1.82, 2.24) is 0 Å². The third-order valence-electron chi connectivity index (χ3n) is 3.36. The molecule has 4 heteroatoms. The van der Waals surface area contributed by atoms with E-state index < -0.39 is 11.6 Å². The molecule has 0 aliphatic rings. The van der Waals surface area contributed by atoms with Gasteiger partial charge in [0.25, 0.3) is 0 Å². The zero-order valence-corrected chi connectivity index (χ0v) is 12.1. The number of Topliss-reactive ketones (excluding diaryl/α,β-unsaturated/α-hetero) is 1. The molecule has 0 radical (unpaired) electrons. The van der Waals surface area contributed by atoms with E-state index in [0.29, 0.717) is 6.54 Å². The normalized spacial score (nSPS) is 10.5. The van der Waals surface area contributed by atoms with Crippen molar-refractivity contribution < 1.29 is 13.6 Å². The molecule has 110 valence electrons. The van der Waals surface area contributed by atoms with Gasteiger partial charge in [-0.1, -0.05) is 17.7 Å². The molecule has 2 aromatic rings. The second kappa shape index (κ2) is 6.48. The van der Waals surface area contributed by atoms with Gasteiger partial charge in [-0.15, -0.1) is 0 Å². The number of nitrogens with zero attached hydrogens (tertiary/aromatic N) is 1. The van der Waals surface area contributed by atoms with Gasteiger partial charge in [-0.2, -0.15) is 0 Å². The Morgan fingerprint density at radius 3 is 2.29 bits per heavy atom. The second-order valence-electron chi connectivity index (χ2n) is 4.90. The van der Waals surface area contributed by atoms with Gasteiger partial charge in [0.05, 0.1) is 6.54 Å². The summed E-state index contributed by atoms with van der Waals surface area (Å²) in [7, 11) is 0. The Kier molecular flexibility index (Phi) is 4.68. The number of hydrogen-bond acceptors (Lipinski definition) is 2. The SMILES string of the molecule is CCN(CC(=O)c1ccc(F)c(F)c1)c1ccc(C)cc1. The summed E-state index contributed by atoms with van der Waals surface area (Å²) in [5.41, 5.74) is 2.25. The summed E-state index contributed by atoms with van der Waals surface area (Å²) < 4.78 is 26.1. The lowest BCUT2D eigenvalue weighted by molar-refractivity contribution is 0.0998. The molecule has 0 N–H and O–H groups in total.